The van der Waals surface area contributed by atoms with Crippen LogP contribution in [0.1, 0.15) is 5.82 Å². The Labute approximate surface area is 94.2 Å². The highest BCUT2D eigenvalue weighted by Crippen LogP contribution is 2.07. The topological polar surface area (TPSA) is 99.7 Å². The van der Waals surface area contributed by atoms with Gasteiger partial charge in [0.25, 0.3) is 0 Å². The highest BCUT2D eigenvalue weighted by atomic mass is 32.1. The molecule has 1 aromatic heterocycles. The third-order valence-corrected chi connectivity index (χ3v) is 1.90. The van der Waals surface area contributed by atoms with Crippen LogP contribution in [-0.4, -0.2) is 41.4 Å². The smallest absolute Gasteiger partial charge is 0.364 e. The summed E-state index contributed by atoms with van der Waals surface area (Å²) in [5, 5.41) is 3.57. The number of hydrogen-bond donors (Lipinski definition) is 1. The van der Waals surface area contributed by atoms with Crippen molar-refractivity contribution in [2.75, 3.05) is 26.1 Å². The van der Waals surface area contributed by atoms with Crippen molar-refractivity contribution < 1.29 is 18.8 Å². The molecule has 0 bridgehead atoms. The first-order chi connectivity index (χ1) is 7.69. The quantitative estimate of drug-likeness (QED) is 0.340. The molecule has 0 fully saturated rings. The summed E-state index contributed by atoms with van der Waals surface area (Å²) >= 11 is 0.898. The Morgan fingerprint density at radius 3 is 2.94 bits per heavy atom. The van der Waals surface area contributed by atoms with Crippen LogP contribution in [0.2, 0.25) is 0 Å². The number of ether oxygens (including phenoxy) is 1. The molecule has 0 aliphatic heterocycles. The van der Waals surface area contributed by atoms with Crippen molar-refractivity contribution in [3.8, 4) is 0 Å². The molecule has 0 unspecified atom stereocenters. The Balaban J connectivity index is 2.87. The fourth-order valence-corrected chi connectivity index (χ4v) is 1.18. The van der Waals surface area contributed by atoms with Crippen LogP contribution in [0.5, 0.6) is 0 Å². The number of rotatable bonds is 5. The zero-order valence-corrected chi connectivity index (χ0v) is 9.16. The third kappa shape index (κ3) is 3.12. The first kappa shape index (κ1) is 12.3. The third-order valence-electron chi connectivity index (χ3n) is 1.36. The zero-order valence-electron chi connectivity index (χ0n) is 8.34. The molecule has 1 aromatic rings. The number of nitrogens with zero attached hydrogens (tertiary/aromatic N) is 3. The van der Waals surface area contributed by atoms with Crippen LogP contribution in [0.4, 0.5) is 9.52 Å². The van der Waals surface area contributed by atoms with Crippen LogP contribution < -0.4 is 5.73 Å². The molecule has 9 heteroatoms. The van der Waals surface area contributed by atoms with Crippen LogP contribution >= 0.6 is 11.5 Å². The molecule has 0 amide bonds. The molecule has 2 N–H and O–H groups in total. The van der Waals surface area contributed by atoms with E-state index in [1.54, 1.807) is 0 Å². The van der Waals surface area contributed by atoms with Crippen LogP contribution in [0.15, 0.2) is 5.16 Å². The number of nitrogens with two attached hydrogens (primary N) is 1. The van der Waals surface area contributed by atoms with Gasteiger partial charge in [0.1, 0.15) is 13.3 Å². The summed E-state index contributed by atoms with van der Waals surface area (Å²) in [5.74, 6) is -0.787. The summed E-state index contributed by atoms with van der Waals surface area (Å²) in [4.78, 5) is 19.5. The second kappa shape index (κ2) is 5.95. The summed E-state index contributed by atoms with van der Waals surface area (Å²) in [5.41, 5.74) is 5.10. The molecule has 1 rings (SSSR count). The molecule has 0 atom stereocenters. The minimum Gasteiger partial charge on any atom is -0.464 e. The number of oxime groups is 1. The van der Waals surface area contributed by atoms with E-state index in [1.165, 1.54) is 7.11 Å². The van der Waals surface area contributed by atoms with E-state index in [-0.39, 0.29) is 23.3 Å². The monoisotopic (exact) mass is 248 g/mol. The van der Waals surface area contributed by atoms with Gasteiger partial charge in [-0.05, 0) is 0 Å². The van der Waals surface area contributed by atoms with E-state index in [4.69, 9.17) is 5.73 Å². The number of hydrogen-bond acceptors (Lipinski definition) is 8. The van der Waals surface area contributed by atoms with Crippen molar-refractivity contribution >= 4 is 28.3 Å². The summed E-state index contributed by atoms with van der Waals surface area (Å²) in [6.45, 7) is -0.981. The van der Waals surface area contributed by atoms with E-state index >= 15 is 0 Å². The van der Waals surface area contributed by atoms with Gasteiger partial charge < -0.3 is 15.3 Å². The molecule has 0 aromatic carbocycles. The Kier molecular flexibility index (Phi) is 4.58. The van der Waals surface area contributed by atoms with Gasteiger partial charge >= 0.3 is 5.97 Å². The average Bonchev–Trinajstić information content (AvgIpc) is 2.70. The predicted octanol–water partition coefficient (Wildman–Crippen LogP) is -0.0165. The number of esters is 1. The minimum atomic E-state index is -0.781. The molecular weight excluding hydrogens is 239 g/mol. The number of carbonyl (C=O) groups excluding carboxylic acids is 1. The molecule has 0 radical (unpaired) electrons. The van der Waals surface area contributed by atoms with Crippen LogP contribution in [-0.2, 0) is 14.4 Å². The predicted molar refractivity (Wildman–Crippen MR) is 54.8 cm³/mol. The highest BCUT2D eigenvalue weighted by Gasteiger charge is 2.20. The van der Waals surface area contributed by atoms with Crippen LogP contribution in [0.3, 0.4) is 0 Å². The number of anilines is 1. The molecule has 0 aliphatic rings. The Hall–Kier alpha value is -1.77. The van der Waals surface area contributed by atoms with Crippen molar-refractivity contribution in [1.82, 2.24) is 9.36 Å². The Morgan fingerprint density at radius 2 is 2.44 bits per heavy atom. The number of aromatic nitrogens is 2. The molecule has 88 valence electrons. The summed E-state index contributed by atoms with van der Waals surface area (Å²) in [6, 6.07) is 0. The lowest BCUT2D eigenvalue weighted by Gasteiger charge is -1.99. The standard InChI is InChI=1S/C7H9FN4O3S/c1-14-6(13)4(11-15-3-2-8)5-10-7(9)16-12-5/h2-3H2,1H3,(H2,9,10,12). The second-order valence-electron chi connectivity index (χ2n) is 2.41. The van der Waals surface area contributed by atoms with Gasteiger partial charge in [-0.2, -0.15) is 9.36 Å². The summed E-state index contributed by atoms with van der Waals surface area (Å²) < 4.78 is 20.0. The number of nitrogen functional groups attached to an aromatic ring is 1. The maximum Gasteiger partial charge on any atom is 0.364 e. The molecule has 0 aliphatic carbocycles. The van der Waals surface area contributed by atoms with Gasteiger partial charge in [0.15, 0.2) is 5.13 Å². The van der Waals surface area contributed by atoms with Gasteiger partial charge in [0.05, 0.1) is 7.11 Å². The van der Waals surface area contributed by atoms with Crippen molar-refractivity contribution in [2.24, 2.45) is 5.16 Å². The van der Waals surface area contributed by atoms with Crippen LogP contribution in [0, 0.1) is 0 Å². The van der Waals surface area contributed by atoms with Gasteiger partial charge in [0.2, 0.25) is 11.5 Å². The van der Waals surface area contributed by atoms with Gasteiger partial charge in [-0.15, -0.1) is 0 Å². The summed E-state index contributed by atoms with van der Waals surface area (Å²) in [6.07, 6.45) is 0. The lowest BCUT2D eigenvalue weighted by atomic mass is 10.4. The zero-order chi connectivity index (χ0) is 12.0. The Bertz CT molecular complexity index is 395. The van der Waals surface area contributed by atoms with E-state index in [0.29, 0.717) is 0 Å². The van der Waals surface area contributed by atoms with E-state index < -0.39 is 12.6 Å². The van der Waals surface area contributed by atoms with Crippen LogP contribution in [0.25, 0.3) is 0 Å². The fraction of sp³-hybridized carbons (Fsp3) is 0.429. The van der Waals surface area contributed by atoms with E-state index in [9.17, 15) is 9.18 Å². The van der Waals surface area contributed by atoms with Crippen molar-refractivity contribution in [2.45, 2.75) is 0 Å². The molecule has 0 spiro atoms. The normalized spacial score (nSPS) is 11.2. The number of carbonyl (C=O) groups is 1. The molecular formula is C7H9FN4O3S. The lowest BCUT2D eigenvalue weighted by molar-refractivity contribution is -0.132. The van der Waals surface area contributed by atoms with Gasteiger partial charge in [0, 0.05) is 11.5 Å². The molecule has 1 heterocycles. The number of alkyl halides is 1. The SMILES string of the molecule is COC(=O)C(=NOCCF)c1nsc(N)n1. The molecule has 7 nitrogen and oxygen atoms in total. The molecule has 16 heavy (non-hydrogen) atoms. The largest absolute Gasteiger partial charge is 0.464 e. The highest BCUT2D eigenvalue weighted by molar-refractivity contribution is 7.09. The van der Waals surface area contributed by atoms with Gasteiger partial charge in [-0.3, -0.25) is 0 Å². The molecule has 0 saturated heterocycles. The molecule has 0 saturated carbocycles. The average molecular weight is 248 g/mol. The van der Waals surface area contributed by atoms with Crippen molar-refractivity contribution in [3.63, 3.8) is 0 Å². The minimum absolute atomic E-state index is 0.00629. The number of halogens is 1. The second-order valence-corrected chi connectivity index (χ2v) is 3.19. The van der Waals surface area contributed by atoms with Gasteiger partial charge in [-0.25, -0.2) is 9.18 Å². The maximum atomic E-state index is 11.8. The first-order valence-electron chi connectivity index (χ1n) is 4.12. The van der Waals surface area contributed by atoms with E-state index in [0.717, 1.165) is 11.5 Å². The van der Waals surface area contributed by atoms with Gasteiger partial charge in [-0.1, -0.05) is 5.16 Å². The Morgan fingerprint density at radius 1 is 1.69 bits per heavy atom. The fourth-order valence-electron chi connectivity index (χ4n) is 0.742. The maximum absolute atomic E-state index is 11.8. The van der Waals surface area contributed by atoms with Crippen molar-refractivity contribution in [1.29, 1.82) is 0 Å². The first-order valence-corrected chi connectivity index (χ1v) is 4.90. The van der Waals surface area contributed by atoms with E-state index in [2.05, 4.69) is 24.1 Å². The summed E-state index contributed by atoms with van der Waals surface area (Å²) in [7, 11) is 1.17. The van der Waals surface area contributed by atoms with E-state index in [1.807, 2.05) is 0 Å². The lowest BCUT2D eigenvalue weighted by Crippen LogP contribution is -2.19. The number of methoxy groups -OCH3 is 1. The van der Waals surface area contributed by atoms with Crippen molar-refractivity contribution in [3.05, 3.63) is 5.82 Å².